The van der Waals surface area contributed by atoms with Crippen molar-refractivity contribution in [2.75, 3.05) is 39.3 Å². The summed E-state index contributed by atoms with van der Waals surface area (Å²) in [5.74, 6) is 1.31. The lowest BCUT2D eigenvalue weighted by atomic mass is 10.0. The van der Waals surface area contributed by atoms with E-state index in [0.717, 1.165) is 62.3 Å². The first-order valence-corrected chi connectivity index (χ1v) is 17.5. The van der Waals surface area contributed by atoms with Crippen molar-refractivity contribution >= 4 is 34.7 Å². The summed E-state index contributed by atoms with van der Waals surface area (Å²) in [5.41, 5.74) is 2.79. The fraction of sp³-hybridized carbons (Fsp3) is 0.611. The fourth-order valence-corrected chi connectivity index (χ4v) is 8.29. The molecule has 3 aliphatic rings. The number of hydrogen-bond donors (Lipinski definition) is 1. The molecular weight excluding hydrogens is 567 g/mol. The normalized spacial score (nSPS) is 23.7. The van der Waals surface area contributed by atoms with E-state index < -0.39 is 0 Å². The van der Waals surface area contributed by atoms with E-state index in [1.165, 1.54) is 36.8 Å². The van der Waals surface area contributed by atoms with E-state index >= 15 is 0 Å². The Morgan fingerprint density at radius 3 is 2.14 bits per heavy atom. The zero-order chi connectivity index (χ0) is 30.3. The van der Waals surface area contributed by atoms with Crippen LogP contribution < -0.4 is 5.32 Å². The van der Waals surface area contributed by atoms with Gasteiger partial charge >= 0.3 is 0 Å². The molecule has 0 spiro atoms. The number of rotatable bonds is 14. The predicted octanol–water partition coefficient (Wildman–Crippen LogP) is 6.23. The van der Waals surface area contributed by atoms with E-state index in [0.29, 0.717) is 36.0 Å². The molecule has 0 unspecified atom stereocenters. The standard InChI is InChI=1S/C36H53N5S2/c1-27(2)20-32-23-37-35(42)40(32)25-31-16-11-18-38(31)24-34(22-30-14-9-6-10-15-30)41-26-33(21-28(3)4)39(36(41)43)19-17-29-12-7-5-8-13-29/h5-10,12-15,27-28,31-34H,11,16-26H2,1-4H3,(H,37,42)/t31-,32+,33+,34+/m1/s1. The molecule has 3 saturated heterocycles. The van der Waals surface area contributed by atoms with Crippen LogP contribution in [0.15, 0.2) is 60.7 Å². The minimum Gasteiger partial charge on any atom is -0.360 e. The topological polar surface area (TPSA) is 25.0 Å². The van der Waals surface area contributed by atoms with Crippen LogP contribution in [-0.4, -0.2) is 93.3 Å². The van der Waals surface area contributed by atoms with E-state index in [9.17, 15) is 0 Å². The van der Waals surface area contributed by atoms with Gasteiger partial charge in [0.05, 0.1) is 0 Å². The molecule has 234 valence electrons. The highest BCUT2D eigenvalue weighted by Crippen LogP contribution is 2.29. The van der Waals surface area contributed by atoms with E-state index in [1.807, 2.05) is 0 Å². The van der Waals surface area contributed by atoms with Crippen molar-refractivity contribution in [3.05, 3.63) is 71.8 Å². The summed E-state index contributed by atoms with van der Waals surface area (Å²) < 4.78 is 0. The second-order valence-corrected chi connectivity index (χ2v) is 14.7. The first-order chi connectivity index (χ1) is 20.8. The SMILES string of the molecule is CC(C)C[C@H]1CNC(=S)N1C[C@H]1CCCN1C[C@H](Cc1ccccc1)N1C[C@H](CC(C)C)N(CCc2ccccc2)C1=S. The van der Waals surface area contributed by atoms with Crippen LogP contribution in [-0.2, 0) is 12.8 Å². The largest absolute Gasteiger partial charge is 0.360 e. The second kappa shape index (κ2) is 15.2. The maximum Gasteiger partial charge on any atom is 0.172 e. The lowest BCUT2D eigenvalue weighted by molar-refractivity contribution is 0.156. The summed E-state index contributed by atoms with van der Waals surface area (Å²) in [6, 6.07) is 23.8. The average Bonchev–Trinajstić information content (AvgIpc) is 3.66. The minimum atomic E-state index is 0.349. The van der Waals surface area contributed by atoms with Crippen LogP contribution in [0.2, 0.25) is 0 Å². The first-order valence-electron chi connectivity index (χ1n) is 16.7. The Kier molecular flexibility index (Phi) is 11.4. The number of likely N-dealkylation sites (tertiary alicyclic amines) is 1. The number of nitrogens with zero attached hydrogens (tertiary/aromatic N) is 4. The Labute approximate surface area is 272 Å². The summed E-state index contributed by atoms with van der Waals surface area (Å²) in [4.78, 5) is 10.5. The molecule has 2 aromatic carbocycles. The molecule has 2 aromatic rings. The van der Waals surface area contributed by atoms with Gasteiger partial charge in [-0.1, -0.05) is 88.4 Å². The van der Waals surface area contributed by atoms with Crippen LogP contribution in [0.1, 0.15) is 64.5 Å². The maximum absolute atomic E-state index is 6.36. The third-order valence-electron chi connectivity index (χ3n) is 9.61. The summed E-state index contributed by atoms with van der Waals surface area (Å²) in [6.45, 7) is 15.6. The minimum absolute atomic E-state index is 0.349. The predicted molar refractivity (Wildman–Crippen MR) is 188 cm³/mol. The summed E-state index contributed by atoms with van der Waals surface area (Å²) in [6.07, 6.45) is 6.92. The molecule has 5 rings (SSSR count). The molecule has 0 aromatic heterocycles. The van der Waals surface area contributed by atoms with Gasteiger partial charge in [0.25, 0.3) is 0 Å². The first kappa shape index (κ1) is 32.2. The van der Waals surface area contributed by atoms with Crippen LogP contribution in [0.3, 0.4) is 0 Å². The van der Waals surface area contributed by atoms with Crippen molar-refractivity contribution in [3.63, 3.8) is 0 Å². The Bertz CT molecular complexity index is 1170. The van der Waals surface area contributed by atoms with E-state index in [2.05, 4.69) is 113 Å². The molecule has 3 heterocycles. The monoisotopic (exact) mass is 619 g/mol. The molecule has 0 amide bonds. The van der Waals surface area contributed by atoms with Crippen LogP contribution >= 0.6 is 24.4 Å². The molecule has 1 N–H and O–H groups in total. The van der Waals surface area contributed by atoms with Crippen molar-refractivity contribution < 1.29 is 0 Å². The van der Waals surface area contributed by atoms with Crippen LogP contribution in [0.4, 0.5) is 0 Å². The smallest absolute Gasteiger partial charge is 0.172 e. The van der Waals surface area contributed by atoms with Gasteiger partial charge in [-0.2, -0.15) is 0 Å². The Hall–Kier alpha value is -2.22. The van der Waals surface area contributed by atoms with Crippen LogP contribution in [0, 0.1) is 11.8 Å². The van der Waals surface area contributed by atoms with Gasteiger partial charge in [-0.15, -0.1) is 0 Å². The van der Waals surface area contributed by atoms with Gasteiger partial charge in [0.15, 0.2) is 10.2 Å². The van der Waals surface area contributed by atoms with Gasteiger partial charge < -0.3 is 20.0 Å². The number of hydrogen-bond acceptors (Lipinski definition) is 3. The number of thiocarbonyl (C=S) groups is 2. The van der Waals surface area contributed by atoms with E-state index in [-0.39, 0.29) is 0 Å². The second-order valence-electron chi connectivity index (χ2n) is 13.9. The van der Waals surface area contributed by atoms with Gasteiger partial charge in [-0.05, 0) is 92.5 Å². The molecule has 0 saturated carbocycles. The van der Waals surface area contributed by atoms with Gasteiger partial charge in [0, 0.05) is 56.9 Å². The molecule has 5 nitrogen and oxygen atoms in total. The highest BCUT2D eigenvalue weighted by Gasteiger charge is 2.40. The fourth-order valence-electron chi connectivity index (χ4n) is 7.52. The quantitative estimate of drug-likeness (QED) is 0.251. The third kappa shape index (κ3) is 8.49. The number of nitrogens with one attached hydrogen (secondary N) is 1. The molecule has 3 aliphatic heterocycles. The highest BCUT2D eigenvalue weighted by atomic mass is 32.1. The van der Waals surface area contributed by atoms with Gasteiger partial charge in [-0.3, -0.25) is 4.90 Å². The Morgan fingerprint density at radius 1 is 0.814 bits per heavy atom. The van der Waals surface area contributed by atoms with Crippen LogP contribution in [0.25, 0.3) is 0 Å². The molecule has 7 heteroatoms. The van der Waals surface area contributed by atoms with Gasteiger partial charge in [0.1, 0.15) is 0 Å². The molecular formula is C36H53N5S2. The van der Waals surface area contributed by atoms with Crippen molar-refractivity contribution in [2.24, 2.45) is 11.8 Å². The number of benzene rings is 2. The molecule has 43 heavy (non-hydrogen) atoms. The molecule has 0 aliphatic carbocycles. The van der Waals surface area contributed by atoms with Crippen molar-refractivity contribution in [3.8, 4) is 0 Å². The maximum atomic E-state index is 6.36. The molecule has 4 atom stereocenters. The average molecular weight is 620 g/mol. The van der Waals surface area contributed by atoms with E-state index in [4.69, 9.17) is 24.4 Å². The summed E-state index contributed by atoms with van der Waals surface area (Å²) in [7, 11) is 0. The molecule has 0 radical (unpaired) electrons. The van der Waals surface area contributed by atoms with Crippen molar-refractivity contribution in [1.29, 1.82) is 0 Å². The zero-order valence-corrected chi connectivity index (χ0v) is 28.5. The van der Waals surface area contributed by atoms with Crippen molar-refractivity contribution in [1.82, 2.24) is 24.9 Å². The highest BCUT2D eigenvalue weighted by molar-refractivity contribution is 7.80. The summed E-state index contributed by atoms with van der Waals surface area (Å²) >= 11 is 12.2. The zero-order valence-electron chi connectivity index (χ0n) is 26.8. The van der Waals surface area contributed by atoms with Crippen LogP contribution in [0.5, 0.6) is 0 Å². The Morgan fingerprint density at radius 2 is 1.47 bits per heavy atom. The molecule has 0 bridgehead atoms. The van der Waals surface area contributed by atoms with Crippen molar-refractivity contribution in [2.45, 2.75) is 90.4 Å². The van der Waals surface area contributed by atoms with E-state index in [1.54, 1.807) is 0 Å². The third-order valence-corrected chi connectivity index (χ3v) is 10.5. The van der Waals surface area contributed by atoms with Gasteiger partial charge in [-0.25, -0.2) is 0 Å². The molecule has 3 fully saturated rings. The van der Waals surface area contributed by atoms with Gasteiger partial charge in [0.2, 0.25) is 0 Å². The Balaban J connectivity index is 1.33. The lowest BCUT2D eigenvalue weighted by Crippen LogP contribution is -2.51. The lowest BCUT2D eigenvalue weighted by Gasteiger charge is -2.37. The summed E-state index contributed by atoms with van der Waals surface area (Å²) in [5, 5.41) is 5.50.